The molecule has 3 aromatic heterocycles. The van der Waals surface area contributed by atoms with E-state index in [9.17, 15) is 0 Å². The van der Waals surface area contributed by atoms with Crippen LogP contribution in [-0.4, -0.2) is 50.1 Å². The Hall–Kier alpha value is -1.99. The number of anilines is 1. The minimum Gasteiger partial charge on any atom is -0.352 e. The largest absolute Gasteiger partial charge is 0.352 e. The van der Waals surface area contributed by atoms with Crippen LogP contribution in [0.4, 0.5) is 5.82 Å². The van der Waals surface area contributed by atoms with E-state index in [4.69, 9.17) is 0 Å². The molecule has 23 heavy (non-hydrogen) atoms. The summed E-state index contributed by atoms with van der Waals surface area (Å²) in [6.45, 7) is 6.16. The lowest BCUT2D eigenvalue weighted by Crippen LogP contribution is -2.52. The highest BCUT2D eigenvalue weighted by atomic mass is 32.1. The van der Waals surface area contributed by atoms with Crippen molar-refractivity contribution in [2.24, 2.45) is 7.05 Å². The second-order valence-electron chi connectivity index (χ2n) is 6.05. The predicted molar refractivity (Wildman–Crippen MR) is 92.7 cm³/mol. The standard InChI is InChI=1S/C16H20N6S/c1-12-9-22(16-15-13(3-8-23-15)18-11-19-16)7-6-21(12)10-14-17-4-5-20(14)2/h3-5,8,11-12H,6-7,9-10H2,1-2H3/t12-/m0/s1. The smallest absolute Gasteiger partial charge is 0.150 e. The molecule has 0 bridgehead atoms. The van der Waals surface area contributed by atoms with Crippen molar-refractivity contribution in [1.82, 2.24) is 24.4 Å². The lowest BCUT2D eigenvalue weighted by Gasteiger charge is -2.40. The molecule has 0 spiro atoms. The molecule has 7 heteroatoms. The number of imidazole rings is 1. The van der Waals surface area contributed by atoms with Crippen LogP contribution in [0.5, 0.6) is 0 Å². The van der Waals surface area contributed by atoms with Gasteiger partial charge in [0.2, 0.25) is 0 Å². The van der Waals surface area contributed by atoms with Gasteiger partial charge in [0.1, 0.15) is 18.0 Å². The molecular formula is C16H20N6S. The molecule has 0 radical (unpaired) electrons. The summed E-state index contributed by atoms with van der Waals surface area (Å²) in [6.07, 6.45) is 5.55. The molecule has 1 saturated heterocycles. The Labute approximate surface area is 139 Å². The maximum atomic E-state index is 4.54. The summed E-state index contributed by atoms with van der Waals surface area (Å²) in [4.78, 5) is 18.2. The molecule has 1 aliphatic heterocycles. The normalized spacial score (nSPS) is 19.6. The topological polar surface area (TPSA) is 50.1 Å². The number of hydrogen-bond acceptors (Lipinski definition) is 6. The maximum absolute atomic E-state index is 4.54. The minimum absolute atomic E-state index is 0.463. The molecule has 0 aliphatic carbocycles. The van der Waals surface area contributed by atoms with Crippen LogP contribution in [0.2, 0.25) is 0 Å². The fourth-order valence-corrected chi connectivity index (χ4v) is 4.02. The van der Waals surface area contributed by atoms with Gasteiger partial charge in [0, 0.05) is 45.1 Å². The minimum atomic E-state index is 0.463. The van der Waals surface area contributed by atoms with E-state index in [1.54, 1.807) is 17.7 Å². The third kappa shape index (κ3) is 2.70. The zero-order valence-electron chi connectivity index (χ0n) is 13.4. The lowest BCUT2D eigenvalue weighted by molar-refractivity contribution is 0.175. The summed E-state index contributed by atoms with van der Waals surface area (Å²) < 4.78 is 3.29. The van der Waals surface area contributed by atoms with E-state index in [0.717, 1.165) is 43.3 Å². The van der Waals surface area contributed by atoms with Crippen LogP contribution >= 0.6 is 11.3 Å². The van der Waals surface area contributed by atoms with Crippen molar-refractivity contribution in [1.29, 1.82) is 0 Å². The number of nitrogens with zero attached hydrogens (tertiary/aromatic N) is 6. The molecule has 0 unspecified atom stereocenters. The molecule has 0 saturated carbocycles. The quantitative estimate of drug-likeness (QED) is 0.737. The van der Waals surface area contributed by atoms with Crippen molar-refractivity contribution in [2.45, 2.75) is 19.5 Å². The average Bonchev–Trinajstić information content (AvgIpc) is 3.18. The van der Waals surface area contributed by atoms with Crippen molar-refractivity contribution in [2.75, 3.05) is 24.5 Å². The first kappa shape index (κ1) is 14.6. The average molecular weight is 328 g/mol. The van der Waals surface area contributed by atoms with Gasteiger partial charge in [-0.05, 0) is 18.4 Å². The Morgan fingerprint density at radius 1 is 1.26 bits per heavy atom. The summed E-state index contributed by atoms with van der Waals surface area (Å²) >= 11 is 1.72. The number of aryl methyl sites for hydroxylation is 1. The van der Waals surface area contributed by atoms with E-state index in [0.29, 0.717) is 6.04 Å². The highest BCUT2D eigenvalue weighted by Crippen LogP contribution is 2.29. The van der Waals surface area contributed by atoms with Crippen LogP contribution in [0.15, 0.2) is 30.2 Å². The Bertz CT molecular complexity index is 810. The molecule has 1 atom stereocenters. The number of rotatable bonds is 3. The fraction of sp³-hybridized carbons (Fsp3) is 0.438. The molecule has 6 nitrogen and oxygen atoms in total. The van der Waals surface area contributed by atoms with E-state index in [2.05, 4.69) is 54.7 Å². The molecule has 0 N–H and O–H groups in total. The van der Waals surface area contributed by atoms with Crippen molar-refractivity contribution >= 4 is 27.4 Å². The Morgan fingerprint density at radius 2 is 2.17 bits per heavy atom. The Morgan fingerprint density at radius 3 is 2.96 bits per heavy atom. The molecule has 1 aliphatic rings. The van der Waals surface area contributed by atoms with Gasteiger partial charge in [0.15, 0.2) is 0 Å². The SMILES string of the molecule is C[C@H]1CN(c2ncnc3ccsc23)CCN1Cc1nccn1C. The molecule has 4 rings (SSSR count). The zero-order valence-corrected chi connectivity index (χ0v) is 14.2. The van der Waals surface area contributed by atoms with Crippen LogP contribution in [0.3, 0.4) is 0 Å². The lowest BCUT2D eigenvalue weighted by atomic mass is 10.2. The first-order valence-corrected chi connectivity index (χ1v) is 8.74. The van der Waals surface area contributed by atoms with Crippen LogP contribution in [0.25, 0.3) is 10.2 Å². The van der Waals surface area contributed by atoms with E-state index >= 15 is 0 Å². The Kier molecular flexibility index (Phi) is 3.74. The third-order valence-electron chi connectivity index (χ3n) is 4.55. The summed E-state index contributed by atoms with van der Waals surface area (Å²) in [6, 6.07) is 2.52. The van der Waals surface area contributed by atoms with Gasteiger partial charge in [0.25, 0.3) is 0 Å². The van der Waals surface area contributed by atoms with E-state index in [1.807, 2.05) is 12.4 Å². The Balaban J connectivity index is 1.51. The van der Waals surface area contributed by atoms with Crippen LogP contribution < -0.4 is 4.90 Å². The van der Waals surface area contributed by atoms with Gasteiger partial charge >= 0.3 is 0 Å². The first-order chi connectivity index (χ1) is 11.2. The molecule has 3 aromatic rings. The number of fused-ring (bicyclic) bond motifs is 1. The van der Waals surface area contributed by atoms with Crippen molar-refractivity contribution in [3.05, 3.63) is 36.0 Å². The van der Waals surface area contributed by atoms with Gasteiger partial charge in [-0.3, -0.25) is 4.90 Å². The predicted octanol–water partition coefficient (Wildman–Crippen LogP) is 2.14. The highest BCUT2D eigenvalue weighted by molar-refractivity contribution is 7.17. The van der Waals surface area contributed by atoms with Gasteiger partial charge < -0.3 is 9.47 Å². The first-order valence-electron chi connectivity index (χ1n) is 7.86. The zero-order chi connectivity index (χ0) is 15.8. The van der Waals surface area contributed by atoms with Crippen LogP contribution in [0, 0.1) is 0 Å². The third-order valence-corrected chi connectivity index (χ3v) is 5.45. The maximum Gasteiger partial charge on any atom is 0.150 e. The summed E-state index contributed by atoms with van der Waals surface area (Å²) in [5, 5.41) is 2.09. The van der Waals surface area contributed by atoms with Crippen molar-refractivity contribution in [3.8, 4) is 0 Å². The molecule has 1 fully saturated rings. The van der Waals surface area contributed by atoms with Gasteiger partial charge in [-0.1, -0.05) is 0 Å². The monoisotopic (exact) mass is 328 g/mol. The van der Waals surface area contributed by atoms with E-state index in [1.165, 1.54) is 4.70 Å². The van der Waals surface area contributed by atoms with Crippen LogP contribution in [0.1, 0.15) is 12.7 Å². The summed E-state index contributed by atoms with van der Waals surface area (Å²) in [5.41, 5.74) is 1.04. The fourth-order valence-electron chi connectivity index (χ4n) is 3.15. The van der Waals surface area contributed by atoms with Crippen molar-refractivity contribution in [3.63, 3.8) is 0 Å². The van der Waals surface area contributed by atoms with Gasteiger partial charge in [-0.25, -0.2) is 15.0 Å². The second-order valence-corrected chi connectivity index (χ2v) is 6.97. The van der Waals surface area contributed by atoms with Crippen LogP contribution in [-0.2, 0) is 13.6 Å². The van der Waals surface area contributed by atoms with Crippen molar-refractivity contribution < 1.29 is 0 Å². The van der Waals surface area contributed by atoms with E-state index in [-0.39, 0.29) is 0 Å². The number of hydrogen-bond donors (Lipinski definition) is 0. The number of thiophene rings is 1. The molecular weight excluding hydrogens is 308 g/mol. The number of piperazine rings is 1. The van der Waals surface area contributed by atoms with Gasteiger partial charge in [0.05, 0.1) is 16.8 Å². The van der Waals surface area contributed by atoms with Gasteiger partial charge in [-0.2, -0.15) is 0 Å². The van der Waals surface area contributed by atoms with Gasteiger partial charge in [-0.15, -0.1) is 11.3 Å². The van der Waals surface area contributed by atoms with E-state index < -0.39 is 0 Å². The number of aromatic nitrogens is 4. The summed E-state index contributed by atoms with van der Waals surface area (Å²) in [7, 11) is 2.05. The molecule has 0 amide bonds. The summed E-state index contributed by atoms with van der Waals surface area (Å²) in [5.74, 6) is 2.20. The molecule has 4 heterocycles. The highest BCUT2D eigenvalue weighted by Gasteiger charge is 2.26. The molecule has 120 valence electrons. The second kappa shape index (κ2) is 5.90. The molecule has 0 aromatic carbocycles.